The molecule has 0 aliphatic carbocycles. The van der Waals surface area contributed by atoms with E-state index in [9.17, 15) is 22.5 Å². The maximum atomic E-state index is 13.6. The maximum Gasteiger partial charge on any atom is 0.417 e. The number of halogens is 4. The summed E-state index contributed by atoms with van der Waals surface area (Å²) in [5.41, 5.74) is -1.41. The number of alkyl halides is 3. The van der Waals surface area contributed by atoms with E-state index in [1.54, 1.807) is 0 Å². The van der Waals surface area contributed by atoms with Crippen molar-refractivity contribution in [1.82, 2.24) is 7.84 Å². The summed E-state index contributed by atoms with van der Waals surface area (Å²) < 4.78 is 66.9. The number of benzene rings is 1. The van der Waals surface area contributed by atoms with E-state index in [0.717, 1.165) is 28.6 Å². The predicted molar refractivity (Wildman–Crippen MR) is 141 cm³/mol. The minimum atomic E-state index is -4.85. The first-order valence-electron chi connectivity index (χ1n) is 9.51. The molecule has 0 fully saturated rings. The first-order valence-corrected chi connectivity index (χ1v) is 12.7. The average molecular weight is 622 g/mol. The Hall–Kier alpha value is -1.65. The second-order valence-electron chi connectivity index (χ2n) is 6.77. The van der Waals surface area contributed by atoms with Gasteiger partial charge >= 0.3 is 6.18 Å². The summed E-state index contributed by atoms with van der Waals surface area (Å²) in [6, 6.07) is 1.74. The maximum absolute atomic E-state index is 13.6. The van der Waals surface area contributed by atoms with Crippen LogP contribution in [0.1, 0.15) is 25.8 Å². The van der Waals surface area contributed by atoms with Crippen LogP contribution in [0.25, 0.3) is 0 Å². The summed E-state index contributed by atoms with van der Waals surface area (Å²) in [5, 5.41) is 13.4. The lowest BCUT2D eigenvalue weighted by molar-refractivity contribution is -0.140. The number of amidine groups is 2. The Labute approximate surface area is 211 Å². The Morgan fingerprint density at radius 1 is 1.39 bits per heavy atom. The molecule has 0 radical (unpaired) electrons. The average Bonchev–Trinajstić information content (AvgIpc) is 2.72. The number of nitrogens with zero attached hydrogens (tertiary/aromatic N) is 3. The van der Waals surface area contributed by atoms with E-state index in [-0.39, 0.29) is 23.9 Å². The molecule has 0 amide bonds. The zero-order valence-corrected chi connectivity index (χ0v) is 22.6. The zero-order valence-electron chi connectivity index (χ0n) is 18.6. The van der Waals surface area contributed by atoms with Crippen LogP contribution in [0.4, 0.5) is 18.9 Å². The lowest BCUT2D eigenvalue weighted by Gasteiger charge is -2.23. The predicted octanol–water partition coefficient (Wildman–Crippen LogP) is 3.37. The number of hydrogen-bond acceptors (Lipinski definition) is 5. The molecular formula is C19H28F3IN5O3S2+. The molecule has 14 heteroatoms. The van der Waals surface area contributed by atoms with E-state index in [0.29, 0.717) is 6.61 Å². The van der Waals surface area contributed by atoms with Gasteiger partial charge in [0.15, 0.2) is 11.6 Å². The molecule has 0 saturated carbocycles. The van der Waals surface area contributed by atoms with E-state index in [2.05, 4.69) is 36.9 Å². The molecular weight excluding hydrogens is 594 g/mol. The van der Waals surface area contributed by atoms with Crippen LogP contribution in [-0.4, -0.2) is 58.4 Å². The number of nitrogens with one attached hydrogen (secondary N) is 2. The first-order chi connectivity index (χ1) is 15.3. The van der Waals surface area contributed by atoms with Gasteiger partial charge in [0.05, 0.1) is 56.1 Å². The molecule has 3 N–H and O–H groups in total. The third-order valence-corrected chi connectivity index (χ3v) is 7.17. The number of phenolic OH excluding ortho intramolecular Hbond substituents is 1. The number of ether oxygens (including phenoxy) is 1. The molecule has 0 saturated heterocycles. The Bertz CT molecular complexity index is 1030. The summed E-state index contributed by atoms with van der Waals surface area (Å²) in [7, 11) is -1.02. The van der Waals surface area contributed by atoms with Gasteiger partial charge in [0.1, 0.15) is 24.3 Å². The fourth-order valence-electron chi connectivity index (χ4n) is 2.53. The summed E-state index contributed by atoms with van der Waals surface area (Å²) in [4.78, 5) is 3.48. The topological polar surface area (TPSA) is 98.5 Å². The van der Waals surface area contributed by atoms with Crippen molar-refractivity contribution in [2.75, 3.05) is 32.6 Å². The van der Waals surface area contributed by atoms with Crippen molar-refractivity contribution in [3.05, 3.63) is 29.5 Å². The number of rotatable bonds is 8. The number of allylic oxidation sites excluding steroid dienone is 2. The Balaban J connectivity index is 3.33. The molecule has 0 aliphatic rings. The van der Waals surface area contributed by atoms with Gasteiger partial charge in [-0.25, -0.2) is 8.51 Å². The van der Waals surface area contributed by atoms with Gasteiger partial charge in [0.25, 0.3) is 0 Å². The van der Waals surface area contributed by atoms with Crippen LogP contribution in [0.5, 0.6) is 5.75 Å². The molecule has 186 valence electrons. The minimum absolute atomic E-state index is 0.0586. The van der Waals surface area contributed by atoms with Crippen molar-refractivity contribution in [2.45, 2.75) is 31.3 Å². The first kappa shape index (κ1) is 29.4. The lowest BCUT2D eigenvalue weighted by Crippen LogP contribution is -2.31. The fraction of sp³-hybridized carbons (Fsp3) is 0.421. The van der Waals surface area contributed by atoms with Crippen molar-refractivity contribution in [1.29, 1.82) is 0 Å². The van der Waals surface area contributed by atoms with Crippen molar-refractivity contribution < 1.29 is 27.2 Å². The Morgan fingerprint density at radius 2 is 2.03 bits per heavy atom. The van der Waals surface area contributed by atoms with Gasteiger partial charge in [-0.1, -0.05) is 6.92 Å². The van der Waals surface area contributed by atoms with Gasteiger partial charge in [0.2, 0.25) is 5.84 Å². The fourth-order valence-corrected chi connectivity index (χ4v) is 4.42. The van der Waals surface area contributed by atoms with Crippen LogP contribution in [0, 0.1) is 0 Å². The van der Waals surface area contributed by atoms with Crippen LogP contribution in [-0.2, 0) is 33.4 Å². The van der Waals surface area contributed by atoms with Gasteiger partial charge in [-0.05, 0) is 55.9 Å². The molecule has 0 spiro atoms. The lowest BCUT2D eigenvalue weighted by atomic mass is 10.1. The Morgan fingerprint density at radius 3 is 2.52 bits per heavy atom. The van der Waals surface area contributed by atoms with E-state index in [1.807, 2.05) is 42.8 Å². The third kappa shape index (κ3) is 7.96. The van der Waals surface area contributed by atoms with Crippen LogP contribution in [0.15, 0.2) is 38.3 Å². The monoisotopic (exact) mass is 622 g/mol. The third-order valence-electron chi connectivity index (χ3n) is 4.21. The molecule has 1 atom stereocenters. The minimum Gasteiger partial charge on any atom is -0.505 e. The molecule has 0 aliphatic heterocycles. The quantitative estimate of drug-likeness (QED) is 0.0476. The normalized spacial score (nSPS) is 15.4. The largest absolute Gasteiger partial charge is 0.505 e. The summed E-state index contributed by atoms with van der Waals surface area (Å²) in [5.74, 6) is 3.61. The van der Waals surface area contributed by atoms with E-state index >= 15 is 0 Å². The van der Waals surface area contributed by atoms with Gasteiger partial charge in [-0.3, -0.25) is 4.99 Å². The van der Waals surface area contributed by atoms with Gasteiger partial charge in [-0.2, -0.15) is 13.2 Å². The van der Waals surface area contributed by atoms with Crippen LogP contribution < -0.4 is 8.85 Å². The molecule has 0 bridgehead atoms. The molecule has 33 heavy (non-hydrogen) atoms. The SMILES string of the molecule is C=S(=O)(c1c(C(F)(F)F)ccc(NC(=N[SH2+])C(=NCCO/C(C)=C\CC)NI)c1O)N(C)C. The van der Waals surface area contributed by atoms with Crippen molar-refractivity contribution >= 4 is 68.6 Å². The summed E-state index contributed by atoms with van der Waals surface area (Å²) in [6.07, 6.45) is -2.09. The van der Waals surface area contributed by atoms with E-state index < -0.39 is 32.1 Å². The highest BCUT2D eigenvalue weighted by atomic mass is 127. The second-order valence-corrected chi connectivity index (χ2v) is 9.95. The van der Waals surface area contributed by atoms with Crippen LogP contribution in [0.3, 0.4) is 0 Å². The van der Waals surface area contributed by atoms with Crippen molar-refractivity contribution in [3.8, 4) is 5.75 Å². The van der Waals surface area contributed by atoms with Crippen molar-refractivity contribution in [3.63, 3.8) is 0 Å². The second kappa shape index (κ2) is 12.7. The summed E-state index contributed by atoms with van der Waals surface area (Å²) >= 11 is 4.81. The van der Waals surface area contributed by atoms with Crippen LogP contribution in [0.2, 0.25) is 0 Å². The number of aliphatic imine (C=N–C) groups is 1. The molecule has 0 heterocycles. The standard InChI is InChI=1S/C19H27F3IN5O3S2/c1-6-7-12(2)31-11-10-24-17(26-23)18(27-32)25-14-9-8-13(19(20,21)22)16(15(14)29)33(5,30)28(3)4/h7-9,29,32H,5-6,10-11H2,1-4H3,(H,24,26)(H,25,27)/p+1/b12-7-. The zero-order chi connectivity index (χ0) is 25.4. The summed E-state index contributed by atoms with van der Waals surface area (Å²) in [6.45, 7) is 4.36. The highest BCUT2D eigenvalue weighted by molar-refractivity contribution is 14.1. The number of phenols is 1. The number of anilines is 1. The van der Waals surface area contributed by atoms with Gasteiger partial charge < -0.3 is 18.7 Å². The van der Waals surface area contributed by atoms with Gasteiger partial charge in [-0.15, -0.1) is 0 Å². The molecule has 1 aromatic carbocycles. The highest BCUT2D eigenvalue weighted by Crippen LogP contribution is 2.42. The molecule has 0 aromatic heterocycles. The van der Waals surface area contributed by atoms with Crippen molar-refractivity contribution in [2.24, 2.45) is 9.39 Å². The van der Waals surface area contributed by atoms with E-state index in [4.69, 9.17) is 4.74 Å². The van der Waals surface area contributed by atoms with E-state index in [1.165, 1.54) is 14.1 Å². The van der Waals surface area contributed by atoms with Crippen LogP contribution >= 0.6 is 22.9 Å². The van der Waals surface area contributed by atoms with Gasteiger partial charge in [0, 0.05) is 0 Å². The molecule has 8 nitrogen and oxygen atoms in total. The Kier molecular flexibility index (Phi) is 11.3. The smallest absolute Gasteiger partial charge is 0.417 e. The molecule has 1 aromatic rings. The number of aromatic hydroxyl groups is 1. The molecule has 1 unspecified atom stereocenters. The highest BCUT2D eigenvalue weighted by Gasteiger charge is 2.38. The molecule has 1 rings (SSSR count). The number of hydrogen-bond donors (Lipinski definition) is 3.